The maximum absolute atomic E-state index is 12.2. The summed E-state index contributed by atoms with van der Waals surface area (Å²) in [5, 5.41) is 14.7. The highest BCUT2D eigenvalue weighted by atomic mass is 16.4. The summed E-state index contributed by atoms with van der Waals surface area (Å²) < 4.78 is 0. The molecule has 2 aliphatic heterocycles. The van der Waals surface area contributed by atoms with Gasteiger partial charge in [0.25, 0.3) is 0 Å². The number of carboxylic acids is 1. The molecule has 2 fully saturated rings. The average Bonchev–Trinajstić information content (AvgIpc) is 3.11. The number of carbonyl (C=O) groups is 2. The van der Waals surface area contributed by atoms with Crippen LogP contribution in [0.15, 0.2) is 18.3 Å². The quantitative estimate of drug-likeness (QED) is 0.741. The van der Waals surface area contributed by atoms with Gasteiger partial charge in [0, 0.05) is 25.8 Å². The summed E-state index contributed by atoms with van der Waals surface area (Å²) in [6.07, 6.45) is 6.49. The molecule has 0 radical (unpaired) electrons. The molecule has 7 heteroatoms. The van der Waals surface area contributed by atoms with Gasteiger partial charge in [-0.15, -0.1) is 0 Å². The number of pyridine rings is 1. The van der Waals surface area contributed by atoms with Crippen molar-refractivity contribution in [1.29, 1.82) is 0 Å². The molecule has 0 aromatic carbocycles. The van der Waals surface area contributed by atoms with Crippen LogP contribution in [-0.4, -0.2) is 47.1 Å². The summed E-state index contributed by atoms with van der Waals surface area (Å²) in [4.78, 5) is 29.8. The fourth-order valence-corrected chi connectivity index (χ4v) is 3.32. The maximum Gasteiger partial charge on any atom is 0.320 e. The number of nitrogens with one attached hydrogen (secondary N) is 2. The number of hydrogen-bond acceptors (Lipinski definition) is 5. The Morgan fingerprint density at radius 3 is 2.71 bits per heavy atom. The fraction of sp³-hybridized carbons (Fsp3) is 0.588. The third-order valence-corrected chi connectivity index (χ3v) is 4.72. The van der Waals surface area contributed by atoms with Crippen molar-refractivity contribution in [3.05, 3.63) is 23.9 Å². The predicted octanol–water partition coefficient (Wildman–Crippen LogP) is 0.893. The van der Waals surface area contributed by atoms with Crippen LogP contribution in [0, 0.1) is 0 Å². The van der Waals surface area contributed by atoms with Gasteiger partial charge in [-0.3, -0.25) is 14.9 Å². The lowest BCUT2D eigenvalue weighted by molar-refractivity contribution is -0.139. The zero-order valence-electron chi connectivity index (χ0n) is 13.7. The Hall–Kier alpha value is -2.15. The Balaban J connectivity index is 1.53. The van der Waals surface area contributed by atoms with Crippen LogP contribution in [-0.2, 0) is 16.1 Å². The normalized spacial score (nSPS) is 23.9. The van der Waals surface area contributed by atoms with E-state index >= 15 is 0 Å². The summed E-state index contributed by atoms with van der Waals surface area (Å²) in [6.45, 7) is 2.49. The molecule has 1 aromatic rings. The van der Waals surface area contributed by atoms with Crippen molar-refractivity contribution in [3.63, 3.8) is 0 Å². The maximum atomic E-state index is 12.2. The van der Waals surface area contributed by atoms with Crippen LogP contribution in [0.4, 0.5) is 5.82 Å². The number of amides is 1. The molecule has 7 nitrogen and oxygen atoms in total. The van der Waals surface area contributed by atoms with E-state index in [1.807, 2.05) is 12.1 Å². The number of nitrogens with zero attached hydrogens (tertiary/aromatic N) is 2. The zero-order valence-corrected chi connectivity index (χ0v) is 13.7. The molecule has 0 spiro atoms. The molecule has 130 valence electrons. The number of anilines is 1. The molecule has 2 atom stereocenters. The van der Waals surface area contributed by atoms with Crippen molar-refractivity contribution in [2.24, 2.45) is 0 Å². The molecule has 3 rings (SSSR count). The van der Waals surface area contributed by atoms with Crippen molar-refractivity contribution in [3.8, 4) is 0 Å². The second-order valence-corrected chi connectivity index (χ2v) is 6.48. The van der Waals surface area contributed by atoms with E-state index in [9.17, 15) is 9.59 Å². The van der Waals surface area contributed by atoms with E-state index in [2.05, 4.69) is 20.5 Å². The Bertz CT molecular complexity index is 601. The first-order valence-electron chi connectivity index (χ1n) is 8.60. The molecule has 24 heavy (non-hydrogen) atoms. The van der Waals surface area contributed by atoms with Crippen molar-refractivity contribution in [2.45, 2.75) is 50.7 Å². The van der Waals surface area contributed by atoms with Gasteiger partial charge in [0.1, 0.15) is 11.9 Å². The van der Waals surface area contributed by atoms with Crippen molar-refractivity contribution in [1.82, 2.24) is 15.6 Å². The number of carbonyl (C=O) groups excluding carboxylic acids is 1. The fourth-order valence-electron chi connectivity index (χ4n) is 3.32. The molecule has 0 aliphatic carbocycles. The lowest BCUT2D eigenvalue weighted by Gasteiger charge is -2.28. The minimum Gasteiger partial charge on any atom is -0.480 e. The van der Waals surface area contributed by atoms with Crippen LogP contribution < -0.4 is 15.5 Å². The number of carboxylic acid groups (broad SMARTS) is 1. The van der Waals surface area contributed by atoms with Crippen LogP contribution in [0.3, 0.4) is 0 Å². The Morgan fingerprint density at radius 1 is 1.25 bits per heavy atom. The van der Waals surface area contributed by atoms with Gasteiger partial charge in [-0.25, -0.2) is 4.98 Å². The Morgan fingerprint density at radius 2 is 2.00 bits per heavy atom. The van der Waals surface area contributed by atoms with E-state index < -0.39 is 18.1 Å². The number of aliphatic carboxylic acids is 1. The first kappa shape index (κ1) is 16.7. The average molecular weight is 332 g/mol. The molecule has 3 heterocycles. The van der Waals surface area contributed by atoms with Gasteiger partial charge >= 0.3 is 5.97 Å². The third kappa shape index (κ3) is 4.03. The largest absolute Gasteiger partial charge is 0.480 e. The topological polar surface area (TPSA) is 94.6 Å². The smallest absolute Gasteiger partial charge is 0.320 e. The molecule has 2 saturated heterocycles. The highest BCUT2D eigenvalue weighted by Gasteiger charge is 2.32. The number of rotatable bonds is 5. The van der Waals surface area contributed by atoms with Gasteiger partial charge in [0.05, 0.1) is 6.04 Å². The van der Waals surface area contributed by atoms with Gasteiger partial charge in [-0.2, -0.15) is 0 Å². The van der Waals surface area contributed by atoms with Crippen LogP contribution in [0.2, 0.25) is 0 Å². The first-order valence-corrected chi connectivity index (χ1v) is 8.60. The van der Waals surface area contributed by atoms with E-state index in [4.69, 9.17) is 5.11 Å². The van der Waals surface area contributed by atoms with Gasteiger partial charge < -0.3 is 15.3 Å². The van der Waals surface area contributed by atoms with E-state index in [0.29, 0.717) is 19.4 Å². The van der Waals surface area contributed by atoms with Crippen LogP contribution in [0.25, 0.3) is 0 Å². The van der Waals surface area contributed by atoms with Gasteiger partial charge in [-0.1, -0.05) is 0 Å². The molecule has 3 N–H and O–H groups in total. The van der Waals surface area contributed by atoms with E-state index in [1.54, 1.807) is 6.20 Å². The van der Waals surface area contributed by atoms with Gasteiger partial charge in [0.2, 0.25) is 5.91 Å². The van der Waals surface area contributed by atoms with Crippen LogP contribution in [0.1, 0.15) is 37.7 Å². The van der Waals surface area contributed by atoms with E-state index in [-0.39, 0.29) is 5.91 Å². The minimum absolute atomic E-state index is 0.143. The number of aromatic nitrogens is 1. The standard InChI is InChI=1S/C17H24N4O3/c22-16(13-4-5-14(20-13)17(23)24)19-11-12-6-7-18-15(10-12)21-8-2-1-3-9-21/h6-7,10,13-14,20H,1-5,8-9,11H2,(H,19,22)(H,23,24)/t13-,14+/m1/s1. The monoisotopic (exact) mass is 332 g/mol. The first-order chi connectivity index (χ1) is 11.6. The summed E-state index contributed by atoms with van der Waals surface area (Å²) in [7, 11) is 0. The van der Waals surface area contributed by atoms with Crippen molar-refractivity contribution >= 4 is 17.7 Å². The third-order valence-electron chi connectivity index (χ3n) is 4.72. The Labute approximate surface area is 141 Å². The highest BCUT2D eigenvalue weighted by molar-refractivity contribution is 5.84. The molecule has 2 aliphatic rings. The van der Waals surface area contributed by atoms with E-state index in [1.165, 1.54) is 19.3 Å². The lowest BCUT2D eigenvalue weighted by atomic mass is 10.1. The molecule has 1 aromatic heterocycles. The lowest BCUT2D eigenvalue weighted by Crippen LogP contribution is -2.44. The van der Waals surface area contributed by atoms with Crippen molar-refractivity contribution in [2.75, 3.05) is 18.0 Å². The summed E-state index contributed by atoms with van der Waals surface area (Å²) in [5.74, 6) is -0.0768. The van der Waals surface area contributed by atoms with Gasteiger partial charge in [-0.05, 0) is 49.8 Å². The van der Waals surface area contributed by atoms with Crippen LogP contribution in [0.5, 0.6) is 0 Å². The zero-order chi connectivity index (χ0) is 16.9. The predicted molar refractivity (Wildman–Crippen MR) is 89.7 cm³/mol. The van der Waals surface area contributed by atoms with Crippen LogP contribution >= 0.6 is 0 Å². The summed E-state index contributed by atoms with van der Waals surface area (Å²) in [6, 6.07) is 2.88. The summed E-state index contributed by atoms with van der Waals surface area (Å²) in [5.41, 5.74) is 1.01. The Kier molecular flexibility index (Phi) is 5.30. The summed E-state index contributed by atoms with van der Waals surface area (Å²) >= 11 is 0. The molecular weight excluding hydrogens is 308 g/mol. The SMILES string of the molecule is O=C(O)[C@@H]1CC[C@H](C(=O)NCc2ccnc(N3CCCCC3)c2)N1. The number of hydrogen-bond donors (Lipinski definition) is 3. The molecular formula is C17H24N4O3. The van der Waals surface area contributed by atoms with Gasteiger partial charge in [0.15, 0.2) is 0 Å². The molecule has 0 bridgehead atoms. The molecule has 0 saturated carbocycles. The molecule has 1 amide bonds. The second-order valence-electron chi connectivity index (χ2n) is 6.48. The minimum atomic E-state index is -0.898. The second kappa shape index (κ2) is 7.61. The molecule has 0 unspecified atom stereocenters. The van der Waals surface area contributed by atoms with E-state index in [0.717, 1.165) is 24.5 Å². The number of piperidine rings is 1. The van der Waals surface area contributed by atoms with Crippen molar-refractivity contribution < 1.29 is 14.7 Å². The highest BCUT2D eigenvalue weighted by Crippen LogP contribution is 2.18.